The van der Waals surface area contributed by atoms with Gasteiger partial charge in [0.25, 0.3) is 5.91 Å². The van der Waals surface area contributed by atoms with E-state index in [-0.39, 0.29) is 11.9 Å². The van der Waals surface area contributed by atoms with E-state index in [2.05, 4.69) is 17.2 Å². The third kappa shape index (κ3) is 4.68. The minimum Gasteiger partial charge on any atom is -0.462 e. The minimum absolute atomic E-state index is 0.0645. The molecule has 0 radical (unpaired) electrons. The lowest BCUT2D eigenvalue weighted by Gasteiger charge is -2.35. The Morgan fingerprint density at radius 2 is 1.93 bits per heavy atom. The van der Waals surface area contributed by atoms with Gasteiger partial charge in [0.2, 0.25) is 0 Å². The molecule has 0 spiro atoms. The number of amides is 1. The summed E-state index contributed by atoms with van der Waals surface area (Å²) < 4.78 is 4.99. The molecule has 1 aliphatic heterocycles. The largest absolute Gasteiger partial charge is 0.462 e. The molecule has 3 rings (SSSR count). The van der Waals surface area contributed by atoms with Crippen LogP contribution < -0.4 is 5.32 Å². The third-order valence-corrected chi connectivity index (χ3v) is 5.03. The number of anilines is 2. The number of aromatic nitrogens is 1. The fraction of sp³-hybridized carbons (Fsp3) is 0.409. The second-order valence-corrected chi connectivity index (χ2v) is 6.91. The maximum absolute atomic E-state index is 13.0. The van der Waals surface area contributed by atoms with Crippen molar-refractivity contribution < 1.29 is 14.3 Å². The van der Waals surface area contributed by atoms with Gasteiger partial charge in [0.05, 0.1) is 12.2 Å². The first-order chi connectivity index (χ1) is 13.6. The molecule has 2 aromatic rings. The number of likely N-dealkylation sites (tertiary alicyclic amines) is 1. The van der Waals surface area contributed by atoms with Gasteiger partial charge in [-0.3, -0.25) is 4.79 Å². The number of nitrogens with one attached hydrogen (secondary N) is 1. The Hall–Kier alpha value is -2.89. The van der Waals surface area contributed by atoms with E-state index in [4.69, 9.17) is 4.74 Å². The zero-order valence-electron chi connectivity index (χ0n) is 16.5. The summed E-state index contributed by atoms with van der Waals surface area (Å²) in [4.78, 5) is 31.0. The van der Waals surface area contributed by atoms with Gasteiger partial charge in [-0.15, -0.1) is 0 Å². The van der Waals surface area contributed by atoms with Crippen LogP contribution in [0.3, 0.4) is 0 Å². The highest BCUT2D eigenvalue weighted by Gasteiger charge is 2.26. The van der Waals surface area contributed by atoms with E-state index in [0.29, 0.717) is 29.6 Å². The van der Waals surface area contributed by atoms with Crippen molar-refractivity contribution in [3.8, 4) is 0 Å². The van der Waals surface area contributed by atoms with Crippen LogP contribution in [-0.2, 0) is 4.74 Å². The number of nitrogens with zero attached hydrogens (tertiary/aromatic N) is 2. The number of hydrogen-bond acceptors (Lipinski definition) is 5. The fourth-order valence-electron chi connectivity index (χ4n) is 3.54. The molecule has 0 aliphatic carbocycles. The van der Waals surface area contributed by atoms with Crippen LogP contribution in [0.25, 0.3) is 0 Å². The molecule has 1 amide bonds. The van der Waals surface area contributed by atoms with Gasteiger partial charge in [0.15, 0.2) is 0 Å². The van der Waals surface area contributed by atoms with Gasteiger partial charge in [-0.05, 0) is 69.0 Å². The Kier molecular flexibility index (Phi) is 6.63. The van der Waals surface area contributed by atoms with Crippen LogP contribution in [-0.4, -0.2) is 41.0 Å². The average Bonchev–Trinajstić information content (AvgIpc) is 2.74. The van der Waals surface area contributed by atoms with Gasteiger partial charge in [-0.1, -0.05) is 6.92 Å². The van der Waals surface area contributed by atoms with E-state index in [0.717, 1.165) is 31.5 Å². The van der Waals surface area contributed by atoms with Crippen molar-refractivity contribution in [2.75, 3.05) is 18.5 Å². The summed E-state index contributed by atoms with van der Waals surface area (Å²) in [5.41, 5.74) is 1.93. The van der Waals surface area contributed by atoms with Crippen LogP contribution >= 0.6 is 0 Å². The fourth-order valence-corrected chi connectivity index (χ4v) is 3.54. The van der Waals surface area contributed by atoms with Crippen molar-refractivity contribution in [1.82, 2.24) is 9.88 Å². The molecule has 1 unspecified atom stereocenters. The second-order valence-electron chi connectivity index (χ2n) is 6.91. The molecule has 0 bridgehead atoms. The van der Waals surface area contributed by atoms with Gasteiger partial charge in [-0.25, -0.2) is 9.78 Å². The van der Waals surface area contributed by atoms with E-state index < -0.39 is 0 Å². The minimum atomic E-state index is -0.341. The molecular weight excluding hydrogens is 354 g/mol. The number of carbonyl (C=O) groups excluding carboxylic acids is 2. The van der Waals surface area contributed by atoms with Crippen LogP contribution in [0.5, 0.6) is 0 Å². The number of rotatable bonds is 6. The zero-order valence-corrected chi connectivity index (χ0v) is 16.5. The highest BCUT2D eigenvalue weighted by molar-refractivity contribution is 5.95. The van der Waals surface area contributed by atoms with Crippen LogP contribution in [0.1, 0.15) is 60.2 Å². The van der Waals surface area contributed by atoms with E-state index in [1.807, 2.05) is 4.90 Å². The van der Waals surface area contributed by atoms with E-state index in [1.54, 1.807) is 49.5 Å². The maximum Gasteiger partial charge on any atom is 0.338 e. The number of piperidine rings is 1. The maximum atomic E-state index is 13.0. The molecule has 6 nitrogen and oxygen atoms in total. The Labute approximate surface area is 165 Å². The lowest BCUT2D eigenvalue weighted by molar-refractivity contribution is 0.0525. The molecule has 1 fully saturated rings. The average molecular weight is 381 g/mol. The number of ether oxygens (including phenoxy) is 1. The number of carbonyl (C=O) groups is 2. The lowest BCUT2D eigenvalue weighted by Crippen LogP contribution is -2.43. The molecule has 28 heavy (non-hydrogen) atoms. The Balaban J connectivity index is 1.71. The van der Waals surface area contributed by atoms with Crippen LogP contribution in [0.2, 0.25) is 0 Å². The number of benzene rings is 1. The first-order valence-electron chi connectivity index (χ1n) is 9.93. The quantitative estimate of drug-likeness (QED) is 0.751. The SMILES string of the molecule is CCOC(=O)c1ccc(Nc2cc(C(=O)N3CCCCC3CC)ccn2)cc1. The molecule has 2 heterocycles. The zero-order chi connectivity index (χ0) is 19.9. The van der Waals surface area contributed by atoms with Crippen molar-refractivity contribution >= 4 is 23.4 Å². The summed E-state index contributed by atoms with van der Waals surface area (Å²) in [7, 11) is 0. The van der Waals surface area contributed by atoms with Crippen molar-refractivity contribution in [3.63, 3.8) is 0 Å². The molecular formula is C22H27N3O3. The Morgan fingerprint density at radius 3 is 2.64 bits per heavy atom. The number of pyridine rings is 1. The topological polar surface area (TPSA) is 71.5 Å². The highest BCUT2D eigenvalue weighted by Crippen LogP contribution is 2.23. The highest BCUT2D eigenvalue weighted by atomic mass is 16.5. The van der Waals surface area contributed by atoms with Crippen LogP contribution in [0, 0.1) is 0 Å². The van der Waals surface area contributed by atoms with Gasteiger partial charge < -0.3 is 15.0 Å². The predicted octanol–water partition coefficient (Wildman–Crippen LogP) is 4.41. The summed E-state index contributed by atoms with van der Waals surface area (Å²) >= 11 is 0. The van der Waals surface area contributed by atoms with Crippen molar-refractivity contribution in [1.29, 1.82) is 0 Å². The second kappa shape index (κ2) is 9.35. The van der Waals surface area contributed by atoms with Crippen molar-refractivity contribution in [2.45, 2.75) is 45.6 Å². The standard InChI is InChI=1S/C22H27N3O3/c1-3-19-7-5-6-14-25(19)21(26)17-12-13-23-20(15-17)24-18-10-8-16(9-11-18)22(27)28-4-2/h8-13,15,19H,3-7,14H2,1-2H3,(H,23,24). The van der Waals surface area contributed by atoms with Gasteiger partial charge in [-0.2, -0.15) is 0 Å². The normalized spacial score (nSPS) is 16.5. The van der Waals surface area contributed by atoms with Crippen LogP contribution in [0.15, 0.2) is 42.6 Å². The molecule has 1 aromatic carbocycles. The Morgan fingerprint density at radius 1 is 1.14 bits per heavy atom. The summed E-state index contributed by atoms with van der Waals surface area (Å²) in [6.45, 7) is 5.08. The summed E-state index contributed by atoms with van der Waals surface area (Å²) in [5.74, 6) is 0.321. The molecule has 1 saturated heterocycles. The first kappa shape index (κ1) is 19.9. The molecule has 0 saturated carbocycles. The third-order valence-electron chi connectivity index (χ3n) is 5.03. The summed E-state index contributed by atoms with van der Waals surface area (Å²) in [6.07, 6.45) is 5.95. The molecule has 6 heteroatoms. The summed E-state index contributed by atoms with van der Waals surface area (Å²) in [6, 6.07) is 10.9. The lowest BCUT2D eigenvalue weighted by atomic mass is 9.99. The molecule has 1 N–H and O–H groups in total. The monoisotopic (exact) mass is 381 g/mol. The van der Waals surface area contributed by atoms with Crippen molar-refractivity contribution in [2.24, 2.45) is 0 Å². The van der Waals surface area contributed by atoms with E-state index in [1.165, 1.54) is 6.42 Å². The molecule has 1 atom stereocenters. The number of esters is 1. The predicted molar refractivity (Wildman–Crippen MR) is 109 cm³/mol. The molecule has 1 aromatic heterocycles. The Bertz CT molecular complexity index is 820. The van der Waals surface area contributed by atoms with Crippen LogP contribution in [0.4, 0.5) is 11.5 Å². The van der Waals surface area contributed by atoms with E-state index in [9.17, 15) is 9.59 Å². The van der Waals surface area contributed by atoms with Crippen molar-refractivity contribution in [3.05, 3.63) is 53.7 Å². The van der Waals surface area contributed by atoms with Gasteiger partial charge in [0, 0.05) is 30.0 Å². The molecule has 1 aliphatic rings. The molecule has 148 valence electrons. The smallest absolute Gasteiger partial charge is 0.338 e. The van der Waals surface area contributed by atoms with Gasteiger partial charge >= 0.3 is 5.97 Å². The number of hydrogen-bond donors (Lipinski definition) is 1. The summed E-state index contributed by atoms with van der Waals surface area (Å²) in [5, 5.41) is 3.19. The van der Waals surface area contributed by atoms with E-state index >= 15 is 0 Å². The first-order valence-corrected chi connectivity index (χ1v) is 9.93. The van der Waals surface area contributed by atoms with Gasteiger partial charge in [0.1, 0.15) is 5.82 Å².